The normalized spacial score (nSPS) is 11.2. The molecule has 0 spiro atoms. The lowest BCUT2D eigenvalue weighted by Crippen LogP contribution is -2.36. The Morgan fingerprint density at radius 1 is 1.15 bits per heavy atom. The molecule has 2 aliphatic rings. The highest BCUT2D eigenvalue weighted by molar-refractivity contribution is 7.15. The van der Waals surface area contributed by atoms with Crippen molar-refractivity contribution >= 4 is 22.9 Å². The topological polar surface area (TPSA) is 69.8 Å². The lowest BCUT2D eigenvalue weighted by Gasteiger charge is -2.14. The molecule has 0 fully saturated rings. The molecule has 0 amide bonds. The molecule has 3 heterocycles. The molecule has 2 aromatic rings. The molecular weight excluding hydrogens is 379 g/mol. The highest BCUT2D eigenvalue weighted by atomic mass is 35.5. The zero-order valence-electron chi connectivity index (χ0n) is 13.1. The maximum atomic E-state index is 13.1. The quantitative estimate of drug-likeness (QED) is 0.541. The van der Waals surface area contributed by atoms with E-state index in [1.54, 1.807) is 29.1 Å². The van der Waals surface area contributed by atoms with Crippen molar-refractivity contribution in [1.82, 2.24) is 19.1 Å². The summed E-state index contributed by atoms with van der Waals surface area (Å²) in [5.41, 5.74) is -0.688. The molecular formula is C17H10ClFN4O2S. The van der Waals surface area contributed by atoms with E-state index in [2.05, 4.69) is 9.97 Å². The monoisotopic (exact) mass is 388 g/mol. The van der Waals surface area contributed by atoms with Crippen LogP contribution in [0.2, 0.25) is 4.47 Å². The van der Waals surface area contributed by atoms with Crippen LogP contribution in [-0.2, 0) is 6.54 Å². The highest BCUT2D eigenvalue weighted by Gasteiger charge is 2.18. The first kappa shape index (κ1) is 16.6. The summed E-state index contributed by atoms with van der Waals surface area (Å²) in [6, 6.07) is 8.39. The standard InChI is InChI=1S/C17H10ClFN4O2S/c18-16-20-8-12(26-16)9-22-7-1-2-13-14(22)21-17(25)23(15(13)24)11-5-3-10(19)4-6-11/h1-8H,9H2. The van der Waals surface area contributed by atoms with Gasteiger partial charge in [-0.25, -0.2) is 18.7 Å². The van der Waals surface area contributed by atoms with Crippen LogP contribution < -0.4 is 11.2 Å². The second-order valence-electron chi connectivity index (χ2n) is 5.46. The third kappa shape index (κ3) is 2.93. The molecule has 0 saturated carbocycles. The third-order valence-electron chi connectivity index (χ3n) is 3.80. The van der Waals surface area contributed by atoms with E-state index in [0.29, 0.717) is 11.0 Å². The molecule has 0 radical (unpaired) electrons. The highest BCUT2D eigenvalue weighted by Crippen LogP contribution is 2.21. The summed E-state index contributed by atoms with van der Waals surface area (Å²) in [7, 11) is 0. The Labute approximate surface area is 155 Å². The Balaban J connectivity index is 1.88. The minimum atomic E-state index is -0.726. The molecule has 0 N–H and O–H groups in total. The number of aromatic nitrogens is 4. The second kappa shape index (κ2) is 6.47. The van der Waals surface area contributed by atoms with E-state index in [9.17, 15) is 14.0 Å². The van der Waals surface area contributed by atoms with Gasteiger partial charge in [0.2, 0.25) is 0 Å². The van der Waals surface area contributed by atoms with Crippen molar-refractivity contribution < 1.29 is 4.39 Å². The van der Waals surface area contributed by atoms with Crippen molar-refractivity contribution in [2.75, 3.05) is 0 Å². The van der Waals surface area contributed by atoms with E-state index >= 15 is 0 Å². The number of thiazole rings is 1. The molecule has 0 saturated heterocycles. The van der Waals surface area contributed by atoms with Crippen molar-refractivity contribution in [1.29, 1.82) is 0 Å². The molecule has 0 aliphatic carbocycles. The van der Waals surface area contributed by atoms with Crippen LogP contribution >= 0.6 is 22.9 Å². The number of hydrogen-bond donors (Lipinski definition) is 0. The summed E-state index contributed by atoms with van der Waals surface area (Å²) in [5.74, 6) is -0.186. The number of fused-ring (bicyclic) bond motifs is 1. The molecule has 0 unspecified atom stereocenters. The van der Waals surface area contributed by atoms with Gasteiger partial charge in [0.05, 0.1) is 17.8 Å². The fourth-order valence-electron chi connectivity index (χ4n) is 2.65. The van der Waals surface area contributed by atoms with E-state index in [0.717, 1.165) is 9.44 Å². The van der Waals surface area contributed by atoms with Crippen LogP contribution in [0, 0.1) is 5.82 Å². The fraction of sp³-hybridized carbons (Fsp3) is 0.0588. The second-order valence-corrected chi connectivity index (χ2v) is 7.16. The number of hydrogen-bond acceptors (Lipinski definition) is 5. The first-order chi connectivity index (χ1) is 12.5. The average molecular weight is 389 g/mol. The molecule has 1 aromatic heterocycles. The molecule has 0 bridgehead atoms. The van der Waals surface area contributed by atoms with E-state index in [-0.39, 0.29) is 17.1 Å². The number of benzene rings is 1. The molecule has 26 heavy (non-hydrogen) atoms. The van der Waals surface area contributed by atoms with Crippen molar-refractivity contribution in [2.45, 2.75) is 6.54 Å². The summed E-state index contributed by atoms with van der Waals surface area (Å²) >= 11 is 7.16. The molecule has 4 rings (SSSR count). The van der Waals surface area contributed by atoms with Gasteiger partial charge < -0.3 is 4.57 Å². The lowest BCUT2D eigenvalue weighted by molar-refractivity contribution is 0.627. The number of pyridine rings is 1. The van der Waals surface area contributed by atoms with Crippen molar-refractivity contribution in [3.63, 3.8) is 0 Å². The third-order valence-corrected chi connectivity index (χ3v) is 4.90. The van der Waals surface area contributed by atoms with Crippen LogP contribution in [0.5, 0.6) is 0 Å². The molecule has 9 heteroatoms. The predicted octanol–water partition coefficient (Wildman–Crippen LogP) is 2.80. The zero-order chi connectivity index (χ0) is 18.3. The van der Waals surface area contributed by atoms with Gasteiger partial charge in [0.1, 0.15) is 5.82 Å². The SMILES string of the molecule is O=c1nc2n(Cc3cnc(Cl)s3)cccc-2c(=O)n1-c1ccc(F)cc1. The minimum Gasteiger partial charge on any atom is -0.327 e. The minimum absolute atomic E-state index is 0.264. The summed E-state index contributed by atoms with van der Waals surface area (Å²) in [5, 5.41) is 0. The van der Waals surface area contributed by atoms with Crippen molar-refractivity contribution in [3.05, 3.63) is 84.8 Å². The maximum absolute atomic E-state index is 13.1. The molecule has 2 aliphatic heterocycles. The number of halogens is 2. The van der Waals surface area contributed by atoms with E-state index in [1.165, 1.54) is 35.6 Å². The Morgan fingerprint density at radius 3 is 2.62 bits per heavy atom. The van der Waals surface area contributed by atoms with Crippen LogP contribution in [0.25, 0.3) is 17.1 Å². The van der Waals surface area contributed by atoms with E-state index in [1.807, 2.05) is 0 Å². The Morgan fingerprint density at radius 2 is 1.92 bits per heavy atom. The van der Waals surface area contributed by atoms with Crippen molar-refractivity contribution in [3.8, 4) is 17.1 Å². The molecule has 0 atom stereocenters. The average Bonchev–Trinajstić information content (AvgIpc) is 3.02. The van der Waals surface area contributed by atoms with Crippen LogP contribution in [0.15, 0.2) is 58.4 Å². The van der Waals surface area contributed by atoms with Crippen LogP contribution in [-0.4, -0.2) is 19.1 Å². The van der Waals surface area contributed by atoms with Crippen LogP contribution in [0.3, 0.4) is 0 Å². The molecule has 6 nitrogen and oxygen atoms in total. The van der Waals surface area contributed by atoms with Crippen molar-refractivity contribution in [2.24, 2.45) is 0 Å². The van der Waals surface area contributed by atoms with Crippen LogP contribution in [0.1, 0.15) is 4.88 Å². The van der Waals surface area contributed by atoms with Gasteiger partial charge in [-0.05, 0) is 36.4 Å². The van der Waals surface area contributed by atoms with Gasteiger partial charge in [0.15, 0.2) is 10.3 Å². The first-order valence-corrected chi connectivity index (χ1v) is 8.71. The fourth-order valence-corrected chi connectivity index (χ4v) is 3.63. The summed E-state index contributed by atoms with van der Waals surface area (Å²) in [4.78, 5) is 34.2. The lowest BCUT2D eigenvalue weighted by atomic mass is 10.2. The Hall–Kier alpha value is -2.84. The predicted molar refractivity (Wildman–Crippen MR) is 96.9 cm³/mol. The summed E-state index contributed by atoms with van der Waals surface area (Å²) in [6.07, 6.45) is 3.36. The molecule has 1 aromatic carbocycles. The van der Waals surface area contributed by atoms with Gasteiger partial charge in [0.25, 0.3) is 5.56 Å². The van der Waals surface area contributed by atoms with Gasteiger partial charge >= 0.3 is 5.69 Å². The van der Waals surface area contributed by atoms with Gasteiger partial charge in [-0.1, -0.05) is 11.6 Å². The van der Waals surface area contributed by atoms with Crippen LogP contribution in [0.4, 0.5) is 4.39 Å². The van der Waals surface area contributed by atoms with Gasteiger partial charge in [-0.2, -0.15) is 4.98 Å². The van der Waals surface area contributed by atoms with Gasteiger partial charge in [-0.15, -0.1) is 11.3 Å². The zero-order valence-corrected chi connectivity index (χ0v) is 14.7. The van der Waals surface area contributed by atoms with E-state index < -0.39 is 17.1 Å². The Bertz CT molecular complexity index is 1180. The summed E-state index contributed by atoms with van der Waals surface area (Å²) < 4.78 is 16.2. The smallest absolute Gasteiger partial charge is 0.327 e. The summed E-state index contributed by atoms with van der Waals surface area (Å²) in [6.45, 7) is 0.383. The maximum Gasteiger partial charge on any atom is 0.357 e. The first-order valence-electron chi connectivity index (χ1n) is 7.51. The largest absolute Gasteiger partial charge is 0.357 e. The number of nitrogens with zero attached hydrogens (tertiary/aromatic N) is 4. The van der Waals surface area contributed by atoms with Gasteiger partial charge in [0, 0.05) is 17.3 Å². The van der Waals surface area contributed by atoms with Gasteiger partial charge in [-0.3, -0.25) is 4.79 Å². The Kier molecular flexibility index (Phi) is 4.14. The number of rotatable bonds is 3. The van der Waals surface area contributed by atoms with E-state index in [4.69, 9.17) is 11.6 Å². The molecule has 130 valence electrons.